The Balaban J connectivity index is 2.18. The van der Waals surface area contributed by atoms with E-state index in [0.29, 0.717) is 31.6 Å². The van der Waals surface area contributed by atoms with Crippen LogP contribution in [0.4, 0.5) is 0 Å². The normalized spacial score (nSPS) is 18.6. The average Bonchev–Trinajstić information content (AvgIpc) is 2.46. The Morgan fingerprint density at radius 2 is 1.85 bits per heavy atom. The summed E-state index contributed by atoms with van der Waals surface area (Å²) in [6.07, 6.45) is 0.896. The van der Waals surface area contributed by atoms with Gasteiger partial charge in [-0.15, -0.1) is 0 Å². The number of carboxylic acids is 1. The molecule has 1 saturated heterocycles. The quantitative estimate of drug-likeness (QED) is 0.890. The van der Waals surface area contributed by atoms with Gasteiger partial charge in [0.1, 0.15) is 0 Å². The van der Waals surface area contributed by atoms with Gasteiger partial charge >= 0.3 is 5.97 Å². The Labute approximate surface area is 118 Å². The van der Waals surface area contributed by atoms with Crippen molar-refractivity contribution in [1.29, 1.82) is 0 Å². The van der Waals surface area contributed by atoms with Gasteiger partial charge in [-0.25, -0.2) is 8.42 Å². The fourth-order valence-electron chi connectivity index (χ4n) is 2.40. The van der Waals surface area contributed by atoms with Gasteiger partial charge in [-0.1, -0.05) is 30.3 Å². The molecule has 1 N–H and O–H groups in total. The molecule has 0 aromatic heterocycles. The molecule has 1 atom stereocenters. The van der Waals surface area contributed by atoms with Gasteiger partial charge in [-0.2, -0.15) is 0 Å². The zero-order chi connectivity index (χ0) is 14.6. The number of ether oxygens (including phenoxy) is 1. The SMILES string of the molecule is O=C(O)C(CS(=O)(=O)C1CCOCC1)c1ccccc1. The Kier molecular flexibility index (Phi) is 4.77. The van der Waals surface area contributed by atoms with E-state index in [0.717, 1.165) is 0 Å². The highest BCUT2D eigenvalue weighted by atomic mass is 32.2. The summed E-state index contributed by atoms with van der Waals surface area (Å²) in [5.74, 6) is -2.47. The van der Waals surface area contributed by atoms with Crippen LogP contribution < -0.4 is 0 Å². The van der Waals surface area contributed by atoms with E-state index in [2.05, 4.69) is 0 Å². The van der Waals surface area contributed by atoms with Gasteiger partial charge in [-0.3, -0.25) is 4.79 Å². The minimum atomic E-state index is -3.44. The van der Waals surface area contributed by atoms with Crippen LogP contribution in [-0.4, -0.2) is 43.7 Å². The van der Waals surface area contributed by atoms with Crippen LogP contribution in [0.5, 0.6) is 0 Å². The molecule has 1 aromatic carbocycles. The Morgan fingerprint density at radius 3 is 2.40 bits per heavy atom. The molecular formula is C14H18O5S. The summed E-state index contributed by atoms with van der Waals surface area (Å²) in [4.78, 5) is 11.4. The van der Waals surface area contributed by atoms with E-state index in [-0.39, 0.29) is 5.75 Å². The van der Waals surface area contributed by atoms with Crippen molar-refractivity contribution in [2.24, 2.45) is 0 Å². The molecule has 1 unspecified atom stereocenters. The van der Waals surface area contributed by atoms with Crippen LogP contribution in [0.2, 0.25) is 0 Å². The van der Waals surface area contributed by atoms with Crippen molar-refractivity contribution < 1.29 is 23.1 Å². The Bertz CT molecular complexity index is 546. The maximum absolute atomic E-state index is 12.4. The molecule has 0 radical (unpaired) electrons. The first-order valence-corrected chi connectivity index (χ1v) is 8.29. The maximum Gasteiger partial charge on any atom is 0.312 e. The lowest BCUT2D eigenvalue weighted by atomic mass is 10.0. The Morgan fingerprint density at radius 1 is 1.25 bits per heavy atom. The van der Waals surface area contributed by atoms with Crippen molar-refractivity contribution >= 4 is 15.8 Å². The number of sulfone groups is 1. The van der Waals surface area contributed by atoms with Gasteiger partial charge in [0, 0.05) is 13.2 Å². The summed E-state index contributed by atoms with van der Waals surface area (Å²) < 4.78 is 29.9. The smallest absolute Gasteiger partial charge is 0.312 e. The van der Waals surface area contributed by atoms with Crippen molar-refractivity contribution in [3.8, 4) is 0 Å². The third-order valence-electron chi connectivity index (χ3n) is 3.58. The van der Waals surface area contributed by atoms with E-state index < -0.39 is 27.0 Å². The van der Waals surface area contributed by atoms with Gasteiger partial charge in [0.2, 0.25) is 0 Å². The Hall–Kier alpha value is -1.40. The predicted molar refractivity (Wildman–Crippen MR) is 74.4 cm³/mol. The number of carbonyl (C=O) groups is 1. The number of hydrogen-bond acceptors (Lipinski definition) is 4. The zero-order valence-electron chi connectivity index (χ0n) is 11.1. The van der Waals surface area contributed by atoms with Crippen LogP contribution in [0, 0.1) is 0 Å². The summed E-state index contributed by atoms with van der Waals surface area (Å²) in [5, 5.41) is 8.81. The monoisotopic (exact) mass is 298 g/mol. The van der Waals surface area contributed by atoms with Gasteiger partial charge in [-0.05, 0) is 18.4 Å². The standard InChI is InChI=1S/C14H18O5S/c15-14(16)13(11-4-2-1-3-5-11)10-20(17,18)12-6-8-19-9-7-12/h1-5,12-13H,6-10H2,(H,15,16). The molecule has 0 aliphatic carbocycles. The second kappa shape index (κ2) is 6.37. The van der Waals surface area contributed by atoms with Crippen LogP contribution >= 0.6 is 0 Å². The molecule has 1 heterocycles. The molecule has 1 aromatic rings. The highest BCUT2D eigenvalue weighted by Crippen LogP contribution is 2.24. The van der Waals surface area contributed by atoms with Crippen molar-refractivity contribution in [1.82, 2.24) is 0 Å². The first kappa shape index (κ1) is 15.0. The largest absolute Gasteiger partial charge is 0.481 e. The number of aliphatic carboxylic acids is 1. The number of hydrogen-bond donors (Lipinski definition) is 1. The second-order valence-electron chi connectivity index (χ2n) is 4.94. The van der Waals surface area contributed by atoms with Crippen LogP contribution in [0.15, 0.2) is 30.3 Å². The third kappa shape index (κ3) is 3.58. The van der Waals surface area contributed by atoms with E-state index in [9.17, 15) is 18.3 Å². The van der Waals surface area contributed by atoms with Crippen LogP contribution in [0.25, 0.3) is 0 Å². The van der Waals surface area contributed by atoms with E-state index in [1.807, 2.05) is 0 Å². The topological polar surface area (TPSA) is 80.7 Å². The molecular weight excluding hydrogens is 280 g/mol. The van der Waals surface area contributed by atoms with E-state index in [1.54, 1.807) is 30.3 Å². The van der Waals surface area contributed by atoms with E-state index in [4.69, 9.17) is 4.74 Å². The van der Waals surface area contributed by atoms with Gasteiger partial charge in [0.05, 0.1) is 16.9 Å². The molecule has 110 valence electrons. The highest BCUT2D eigenvalue weighted by Gasteiger charge is 2.33. The second-order valence-corrected chi connectivity index (χ2v) is 7.27. The molecule has 1 aliphatic heterocycles. The van der Waals surface area contributed by atoms with Crippen LogP contribution in [0.1, 0.15) is 24.3 Å². The van der Waals surface area contributed by atoms with Crippen molar-refractivity contribution in [2.75, 3.05) is 19.0 Å². The summed E-state index contributed by atoms with van der Waals surface area (Å²) in [5.41, 5.74) is 0.524. The number of carboxylic acid groups (broad SMARTS) is 1. The molecule has 5 nitrogen and oxygen atoms in total. The van der Waals surface area contributed by atoms with Gasteiger partial charge < -0.3 is 9.84 Å². The fourth-order valence-corrected chi connectivity index (χ4v) is 4.38. The van der Waals surface area contributed by atoms with Gasteiger partial charge in [0.25, 0.3) is 0 Å². The lowest BCUT2D eigenvalue weighted by Gasteiger charge is -2.23. The maximum atomic E-state index is 12.4. The summed E-state index contributed by atoms with van der Waals surface area (Å²) in [6, 6.07) is 8.50. The minimum Gasteiger partial charge on any atom is -0.481 e. The van der Waals surface area contributed by atoms with Crippen LogP contribution in [0.3, 0.4) is 0 Å². The molecule has 2 rings (SSSR count). The van der Waals surface area contributed by atoms with Crippen molar-refractivity contribution in [2.45, 2.75) is 24.0 Å². The summed E-state index contributed by atoms with van der Waals surface area (Å²) in [6.45, 7) is 0.847. The van der Waals surface area contributed by atoms with Crippen molar-refractivity contribution in [3.05, 3.63) is 35.9 Å². The molecule has 0 spiro atoms. The van der Waals surface area contributed by atoms with Crippen LogP contribution in [-0.2, 0) is 19.4 Å². The first-order chi connectivity index (χ1) is 9.50. The zero-order valence-corrected chi connectivity index (χ0v) is 11.9. The molecule has 0 saturated carbocycles. The summed E-state index contributed by atoms with van der Waals surface area (Å²) >= 11 is 0. The van der Waals surface area contributed by atoms with E-state index in [1.165, 1.54) is 0 Å². The third-order valence-corrected chi connectivity index (χ3v) is 5.86. The molecule has 6 heteroatoms. The average molecular weight is 298 g/mol. The number of rotatable bonds is 5. The lowest BCUT2D eigenvalue weighted by Crippen LogP contribution is -2.34. The predicted octanol–water partition coefficient (Wildman–Crippen LogP) is 1.45. The number of benzene rings is 1. The lowest BCUT2D eigenvalue weighted by molar-refractivity contribution is -0.138. The fraction of sp³-hybridized carbons (Fsp3) is 0.500. The summed E-state index contributed by atoms with van der Waals surface area (Å²) in [7, 11) is -3.44. The first-order valence-electron chi connectivity index (χ1n) is 6.58. The molecule has 1 fully saturated rings. The molecule has 1 aliphatic rings. The van der Waals surface area contributed by atoms with Gasteiger partial charge in [0.15, 0.2) is 9.84 Å². The molecule has 20 heavy (non-hydrogen) atoms. The van der Waals surface area contributed by atoms with E-state index >= 15 is 0 Å². The molecule has 0 amide bonds. The molecule has 0 bridgehead atoms. The minimum absolute atomic E-state index is 0.350. The highest BCUT2D eigenvalue weighted by molar-refractivity contribution is 7.92. The van der Waals surface area contributed by atoms with Crippen molar-refractivity contribution in [3.63, 3.8) is 0 Å².